The van der Waals surface area contributed by atoms with E-state index in [-0.39, 0.29) is 0 Å². The highest BCUT2D eigenvalue weighted by Crippen LogP contribution is 2.27. The van der Waals surface area contributed by atoms with Crippen LogP contribution in [-0.2, 0) is 24.4 Å². The van der Waals surface area contributed by atoms with Crippen molar-refractivity contribution in [3.8, 4) is 5.69 Å². The smallest absolute Gasteiger partial charge is 0.163 e. The van der Waals surface area contributed by atoms with E-state index in [1.807, 2.05) is 13.0 Å². The van der Waals surface area contributed by atoms with Gasteiger partial charge in [0, 0.05) is 5.56 Å². The molecule has 22 heavy (non-hydrogen) atoms. The first-order valence-corrected chi connectivity index (χ1v) is 7.46. The Balaban J connectivity index is 1.83. The lowest BCUT2D eigenvalue weighted by Gasteiger charge is -2.14. The van der Waals surface area contributed by atoms with E-state index < -0.39 is 0 Å². The second-order valence-corrected chi connectivity index (χ2v) is 5.57. The molecule has 0 N–H and O–H groups in total. The van der Waals surface area contributed by atoms with Gasteiger partial charge in [-0.05, 0) is 30.5 Å². The molecule has 4 heteroatoms. The van der Waals surface area contributed by atoms with Gasteiger partial charge in [0.15, 0.2) is 5.82 Å². The number of hydrogen-bond donors (Lipinski definition) is 0. The third-order valence-corrected chi connectivity index (χ3v) is 4.10. The molecule has 0 saturated heterocycles. The molecule has 0 radical (unpaired) electrons. The zero-order valence-electron chi connectivity index (χ0n) is 12.5. The maximum Gasteiger partial charge on any atom is 0.163 e. The molecule has 2 heterocycles. The fourth-order valence-corrected chi connectivity index (χ4v) is 3.04. The highest BCUT2D eigenvalue weighted by Gasteiger charge is 2.20. The van der Waals surface area contributed by atoms with E-state index >= 15 is 0 Å². The van der Waals surface area contributed by atoms with Gasteiger partial charge in [-0.3, -0.25) is 4.57 Å². The molecular formula is C18H17N3O. The summed E-state index contributed by atoms with van der Waals surface area (Å²) in [5.41, 5.74) is 4.97. The van der Waals surface area contributed by atoms with Crippen molar-refractivity contribution in [2.24, 2.45) is 0 Å². The monoisotopic (exact) mass is 291 g/mol. The minimum absolute atomic E-state index is 0.500. The molecule has 4 rings (SSSR count). The predicted molar refractivity (Wildman–Crippen MR) is 83.8 cm³/mol. The summed E-state index contributed by atoms with van der Waals surface area (Å²) in [6.07, 6.45) is 0.907. The van der Waals surface area contributed by atoms with Crippen molar-refractivity contribution >= 4 is 0 Å². The van der Waals surface area contributed by atoms with Crippen LogP contribution in [-0.4, -0.2) is 14.8 Å². The Hall–Kier alpha value is -2.46. The fraction of sp³-hybridized carbons (Fsp3) is 0.222. The van der Waals surface area contributed by atoms with Crippen LogP contribution < -0.4 is 0 Å². The van der Waals surface area contributed by atoms with Gasteiger partial charge in [0.1, 0.15) is 12.4 Å². The molecule has 2 aromatic carbocycles. The molecule has 0 unspecified atom stereocenters. The molecular weight excluding hydrogens is 274 g/mol. The average Bonchev–Trinajstić information content (AvgIpc) is 2.80. The summed E-state index contributed by atoms with van der Waals surface area (Å²) in [5, 5.41) is 8.40. The Bertz CT molecular complexity index is 808. The van der Waals surface area contributed by atoms with Crippen molar-refractivity contribution in [2.45, 2.75) is 26.6 Å². The zero-order valence-corrected chi connectivity index (χ0v) is 12.5. The number of benzene rings is 2. The molecule has 0 saturated carbocycles. The summed E-state index contributed by atoms with van der Waals surface area (Å²) in [5.74, 6) is 1.77. The molecule has 4 nitrogen and oxygen atoms in total. The normalized spacial score (nSPS) is 13.3. The Morgan fingerprint density at radius 3 is 2.73 bits per heavy atom. The van der Waals surface area contributed by atoms with Crippen molar-refractivity contribution in [1.82, 2.24) is 14.8 Å². The van der Waals surface area contributed by atoms with Gasteiger partial charge in [-0.1, -0.05) is 42.5 Å². The van der Waals surface area contributed by atoms with E-state index in [1.165, 1.54) is 16.7 Å². The van der Waals surface area contributed by atoms with Crippen LogP contribution in [0, 0.1) is 6.92 Å². The topological polar surface area (TPSA) is 39.9 Å². The molecule has 3 aromatic rings. The molecule has 110 valence electrons. The van der Waals surface area contributed by atoms with Crippen LogP contribution in [0.15, 0.2) is 48.5 Å². The summed E-state index contributed by atoms with van der Waals surface area (Å²) in [6.45, 7) is 3.09. The van der Waals surface area contributed by atoms with E-state index in [9.17, 15) is 0 Å². The zero-order chi connectivity index (χ0) is 14.9. The molecule has 0 amide bonds. The van der Waals surface area contributed by atoms with Gasteiger partial charge in [0.25, 0.3) is 0 Å². The molecule has 1 aliphatic heterocycles. The second-order valence-electron chi connectivity index (χ2n) is 5.57. The molecule has 0 bridgehead atoms. The van der Waals surface area contributed by atoms with Crippen molar-refractivity contribution < 1.29 is 4.74 Å². The first-order chi connectivity index (χ1) is 10.8. The van der Waals surface area contributed by atoms with E-state index in [0.29, 0.717) is 13.2 Å². The number of rotatable bonds is 2. The van der Waals surface area contributed by atoms with Crippen molar-refractivity contribution in [3.05, 3.63) is 76.9 Å². The van der Waals surface area contributed by atoms with Gasteiger partial charge in [0.2, 0.25) is 0 Å². The van der Waals surface area contributed by atoms with Gasteiger partial charge in [-0.25, -0.2) is 0 Å². The van der Waals surface area contributed by atoms with E-state index in [2.05, 4.69) is 57.2 Å². The number of nitrogens with zero attached hydrogens (tertiary/aromatic N) is 3. The van der Waals surface area contributed by atoms with E-state index in [1.54, 1.807) is 0 Å². The molecule has 1 aromatic heterocycles. The SMILES string of the molecule is Cc1nnc2n1-c1cccc(Cc3ccccc3)c1COC2. The number of aromatic nitrogens is 3. The van der Waals surface area contributed by atoms with Crippen LogP contribution in [0.1, 0.15) is 28.3 Å². The predicted octanol–water partition coefficient (Wildman–Crippen LogP) is 3.20. The average molecular weight is 291 g/mol. The fourth-order valence-electron chi connectivity index (χ4n) is 3.04. The standard InChI is InChI=1S/C18H17N3O/c1-13-19-20-18-12-22-11-16-15(8-5-9-17(16)21(13)18)10-14-6-3-2-4-7-14/h2-9H,10-12H2,1H3. The van der Waals surface area contributed by atoms with Crippen molar-refractivity contribution in [3.63, 3.8) is 0 Å². The maximum absolute atomic E-state index is 5.82. The molecule has 0 aliphatic carbocycles. The van der Waals surface area contributed by atoms with Crippen LogP contribution in [0.2, 0.25) is 0 Å². The maximum atomic E-state index is 5.82. The summed E-state index contributed by atoms with van der Waals surface area (Å²) < 4.78 is 7.92. The highest BCUT2D eigenvalue weighted by molar-refractivity contribution is 5.49. The summed E-state index contributed by atoms with van der Waals surface area (Å²) in [4.78, 5) is 0. The number of aryl methyl sites for hydroxylation is 1. The van der Waals surface area contributed by atoms with Gasteiger partial charge in [0.05, 0.1) is 12.3 Å². The first kappa shape index (κ1) is 13.2. The van der Waals surface area contributed by atoms with E-state index in [0.717, 1.165) is 23.8 Å². The van der Waals surface area contributed by atoms with Gasteiger partial charge < -0.3 is 4.74 Å². The Labute approximate surface area is 129 Å². The largest absolute Gasteiger partial charge is 0.369 e. The van der Waals surface area contributed by atoms with Crippen LogP contribution in [0.4, 0.5) is 0 Å². The van der Waals surface area contributed by atoms with Crippen LogP contribution in [0.5, 0.6) is 0 Å². The molecule has 0 atom stereocenters. The van der Waals surface area contributed by atoms with Gasteiger partial charge >= 0.3 is 0 Å². The highest BCUT2D eigenvalue weighted by atomic mass is 16.5. The second kappa shape index (κ2) is 5.39. The summed E-state index contributed by atoms with van der Waals surface area (Å²) in [7, 11) is 0. The first-order valence-electron chi connectivity index (χ1n) is 7.46. The Morgan fingerprint density at radius 2 is 1.86 bits per heavy atom. The van der Waals surface area contributed by atoms with Crippen molar-refractivity contribution in [2.75, 3.05) is 0 Å². The lowest BCUT2D eigenvalue weighted by atomic mass is 9.98. The lowest BCUT2D eigenvalue weighted by Crippen LogP contribution is -2.05. The summed E-state index contributed by atoms with van der Waals surface area (Å²) >= 11 is 0. The minimum atomic E-state index is 0.500. The van der Waals surface area contributed by atoms with Crippen LogP contribution in [0.3, 0.4) is 0 Å². The Morgan fingerprint density at radius 1 is 1.00 bits per heavy atom. The van der Waals surface area contributed by atoms with Crippen molar-refractivity contribution in [1.29, 1.82) is 0 Å². The summed E-state index contributed by atoms with van der Waals surface area (Å²) in [6, 6.07) is 16.9. The molecule has 0 fully saturated rings. The number of ether oxygens (including phenoxy) is 1. The minimum Gasteiger partial charge on any atom is -0.369 e. The third-order valence-electron chi connectivity index (χ3n) is 4.10. The molecule has 1 aliphatic rings. The van der Waals surface area contributed by atoms with E-state index in [4.69, 9.17) is 4.74 Å². The van der Waals surface area contributed by atoms with Gasteiger partial charge in [-0.15, -0.1) is 10.2 Å². The lowest BCUT2D eigenvalue weighted by molar-refractivity contribution is 0.104. The number of hydrogen-bond acceptors (Lipinski definition) is 3. The quantitative estimate of drug-likeness (QED) is 0.728. The van der Waals surface area contributed by atoms with Gasteiger partial charge in [-0.2, -0.15) is 0 Å². The van der Waals surface area contributed by atoms with Crippen LogP contribution >= 0.6 is 0 Å². The third kappa shape index (κ3) is 2.22. The Kier molecular flexibility index (Phi) is 3.24. The molecule has 0 spiro atoms. The number of fused-ring (bicyclic) bond motifs is 3. The van der Waals surface area contributed by atoms with Crippen LogP contribution in [0.25, 0.3) is 5.69 Å².